The molecule has 2 amide bonds. The summed E-state index contributed by atoms with van der Waals surface area (Å²) in [6.07, 6.45) is 0.926. The Bertz CT molecular complexity index is 492. The summed E-state index contributed by atoms with van der Waals surface area (Å²) in [6.45, 7) is 8.58. The second-order valence-electron chi connectivity index (χ2n) is 5.19. The molecule has 0 aromatic carbocycles. The lowest BCUT2D eigenvalue weighted by molar-refractivity contribution is -0.114. The van der Waals surface area contributed by atoms with Gasteiger partial charge in [0.25, 0.3) is 0 Å². The Morgan fingerprint density at radius 1 is 1.26 bits per heavy atom. The monoisotopic (exact) mass is 265 g/mol. The van der Waals surface area contributed by atoms with Crippen LogP contribution in [0.2, 0.25) is 0 Å². The van der Waals surface area contributed by atoms with Gasteiger partial charge in [-0.25, -0.2) is 9.78 Å². The molecule has 0 spiro atoms. The molecule has 0 saturated heterocycles. The third-order valence-corrected chi connectivity index (χ3v) is 2.05. The molecule has 0 aliphatic carbocycles. The average Bonchev–Trinajstić information content (AvgIpc) is 2.18. The van der Waals surface area contributed by atoms with Gasteiger partial charge in [-0.2, -0.15) is 0 Å². The fourth-order valence-electron chi connectivity index (χ4n) is 1.35. The number of anilines is 2. The van der Waals surface area contributed by atoms with Gasteiger partial charge in [0.15, 0.2) is 0 Å². The maximum Gasteiger partial charge on any atom is 0.413 e. The SMILES string of the molecule is CC(=O)Nc1cnc(NC(=O)OC(C)(C)C)cc1C. The lowest BCUT2D eigenvalue weighted by Gasteiger charge is -2.19. The number of hydrogen-bond acceptors (Lipinski definition) is 4. The second kappa shape index (κ2) is 5.69. The number of carbonyl (C=O) groups is 2. The molecule has 1 aromatic heterocycles. The third-order valence-electron chi connectivity index (χ3n) is 2.05. The number of aryl methyl sites for hydroxylation is 1. The van der Waals surface area contributed by atoms with Gasteiger partial charge in [0.2, 0.25) is 5.91 Å². The molecule has 0 fully saturated rings. The molecule has 6 nitrogen and oxygen atoms in total. The highest BCUT2D eigenvalue weighted by molar-refractivity contribution is 5.90. The zero-order valence-corrected chi connectivity index (χ0v) is 11.8. The Kier molecular flexibility index (Phi) is 4.47. The number of amides is 2. The number of nitrogens with zero attached hydrogens (tertiary/aromatic N) is 1. The molecule has 6 heteroatoms. The Morgan fingerprint density at radius 3 is 2.37 bits per heavy atom. The number of hydrogen-bond donors (Lipinski definition) is 2. The Hall–Kier alpha value is -2.11. The molecule has 0 bridgehead atoms. The van der Waals surface area contributed by atoms with Crippen LogP contribution in [0.5, 0.6) is 0 Å². The summed E-state index contributed by atoms with van der Waals surface area (Å²) in [6, 6.07) is 1.66. The van der Waals surface area contributed by atoms with Crippen molar-refractivity contribution in [2.75, 3.05) is 10.6 Å². The average molecular weight is 265 g/mol. The summed E-state index contributed by atoms with van der Waals surface area (Å²) in [5.74, 6) is 0.207. The van der Waals surface area contributed by atoms with E-state index < -0.39 is 11.7 Å². The molecule has 104 valence electrons. The summed E-state index contributed by atoms with van der Waals surface area (Å²) in [7, 11) is 0. The van der Waals surface area contributed by atoms with Gasteiger partial charge in [-0.15, -0.1) is 0 Å². The maximum atomic E-state index is 11.6. The van der Waals surface area contributed by atoms with E-state index in [2.05, 4.69) is 15.6 Å². The van der Waals surface area contributed by atoms with Gasteiger partial charge in [-0.1, -0.05) is 0 Å². The number of ether oxygens (including phenoxy) is 1. The van der Waals surface area contributed by atoms with E-state index in [0.717, 1.165) is 5.56 Å². The standard InChI is InChI=1S/C13H19N3O3/c1-8-6-11(14-7-10(8)15-9(2)17)16-12(18)19-13(3,4)5/h6-7H,1-5H3,(H,15,17)(H,14,16,18). The minimum Gasteiger partial charge on any atom is -0.444 e. The highest BCUT2D eigenvalue weighted by Crippen LogP contribution is 2.17. The van der Waals surface area contributed by atoms with Crippen molar-refractivity contribution < 1.29 is 14.3 Å². The highest BCUT2D eigenvalue weighted by atomic mass is 16.6. The maximum absolute atomic E-state index is 11.6. The van der Waals surface area contributed by atoms with E-state index in [1.54, 1.807) is 26.8 Å². The smallest absolute Gasteiger partial charge is 0.413 e. The van der Waals surface area contributed by atoms with Crippen LogP contribution < -0.4 is 10.6 Å². The van der Waals surface area contributed by atoms with Crippen LogP contribution in [-0.2, 0) is 9.53 Å². The highest BCUT2D eigenvalue weighted by Gasteiger charge is 2.16. The van der Waals surface area contributed by atoms with Gasteiger partial charge >= 0.3 is 6.09 Å². The predicted octanol–water partition coefficient (Wildman–Crippen LogP) is 2.70. The molecule has 0 unspecified atom stereocenters. The number of carbonyl (C=O) groups excluding carboxylic acids is 2. The van der Waals surface area contributed by atoms with Gasteiger partial charge in [-0.3, -0.25) is 10.1 Å². The van der Waals surface area contributed by atoms with Gasteiger partial charge in [-0.05, 0) is 39.3 Å². The van der Waals surface area contributed by atoms with Crippen molar-refractivity contribution in [3.05, 3.63) is 17.8 Å². The fourth-order valence-corrected chi connectivity index (χ4v) is 1.35. The number of rotatable bonds is 2. The molecule has 0 radical (unpaired) electrons. The van der Waals surface area contributed by atoms with Crippen LogP contribution in [0.4, 0.5) is 16.3 Å². The Labute approximate surface area is 112 Å². The molecule has 0 aliphatic heterocycles. The van der Waals surface area contributed by atoms with Crippen LogP contribution in [0.1, 0.15) is 33.3 Å². The molecule has 1 heterocycles. The first-order valence-electron chi connectivity index (χ1n) is 5.91. The summed E-state index contributed by atoms with van der Waals surface area (Å²) in [4.78, 5) is 26.6. The summed E-state index contributed by atoms with van der Waals surface area (Å²) in [5, 5.41) is 5.18. The van der Waals surface area contributed by atoms with E-state index >= 15 is 0 Å². The second-order valence-corrected chi connectivity index (χ2v) is 5.19. The Balaban J connectivity index is 2.73. The predicted molar refractivity (Wildman–Crippen MR) is 73.1 cm³/mol. The van der Waals surface area contributed by atoms with Crippen molar-refractivity contribution in [1.29, 1.82) is 0 Å². The van der Waals surface area contributed by atoms with Gasteiger partial charge < -0.3 is 10.1 Å². The first-order chi connectivity index (χ1) is 8.67. The normalized spacial score (nSPS) is 10.8. The largest absolute Gasteiger partial charge is 0.444 e. The summed E-state index contributed by atoms with van der Waals surface area (Å²) >= 11 is 0. The van der Waals surface area contributed by atoms with Crippen molar-refractivity contribution in [2.45, 2.75) is 40.2 Å². The molecule has 1 rings (SSSR count). The van der Waals surface area contributed by atoms with E-state index in [-0.39, 0.29) is 5.91 Å². The molecule has 0 aliphatic rings. The first kappa shape index (κ1) is 14.9. The lowest BCUT2D eigenvalue weighted by atomic mass is 10.2. The van der Waals surface area contributed by atoms with Crippen LogP contribution in [0.25, 0.3) is 0 Å². The fraction of sp³-hybridized carbons (Fsp3) is 0.462. The first-order valence-corrected chi connectivity index (χ1v) is 5.91. The van der Waals surface area contributed by atoms with E-state index in [0.29, 0.717) is 11.5 Å². The minimum atomic E-state index is -0.563. The van der Waals surface area contributed by atoms with Crippen molar-refractivity contribution in [1.82, 2.24) is 4.98 Å². The van der Waals surface area contributed by atoms with E-state index in [4.69, 9.17) is 4.74 Å². The summed E-state index contributed by atoms with van der Waals surface area (Å²) in [5.41, 5.74) is 0.855. The van der Waals surface area contributed by atoms with Crippen molar-refractivity contribution in [3.63, 3.8) is 0 Å². The summed E-state index contributed by atoms with van der Waals surface area (Å²) < 4.78 is 5.12. The van der Waals surface area contributed by atoms with E-state index in [1.807, 2.05) is 6.92 Å². The number of aromatic nitrogens is 1. The third kappa shape index (κ3) is 5.37. The van der Waals surface area contributed by atoms with Gasteiger partial charge in [0.05, 0.1) is 11.9 Å². The zero-order valence-electron chi connectivity index (χ0n) is 11.8. The molecular weight excluding hydrogens is 246 g/mol. The quantitative estimate of drug-likeness (QED) is 0.861. The number of pyridine rings is 1. The van der Waals surface area contributed by atoms with Gasteiger partial charge in [0.1, 0.15) is 11.4 Å². The van der Waals surface area contributed by atoms with E-state index in [1.165, 1.54) is 13.1 Å². The lowest BCUT2D eigenvalue weighted by Crippen LogP contribution is -2.27. The minimum absolute atomic E-state index is 0.169. The van der Waals surface area contributed by atoms with Gasteiger partial charge in [0, 0.05) is 6.92 Å². The molecule has 19 heavy (non-hydrogen) atoms. The van der Waals surface area contributed by atoms with Crippen LogP contribution >= 0.6 is 0 Å². The van der Waals surface area contributed by atoms with Crippen LogP contribution in [0.15, 0.2) is 12.3 Å². The van der Waals surface area contributed by atoms with Crippen LogP contribution in [0, 0.1) is 6.92 Å². The molecule has 0 saturated carbocycles. The molecule has 1 aromatic rings. The molecular formula is C13H19N3O3. The van der Waals surface area contributed by atoms with Crippen LogP contribution in [0.3, 0.4) is 0 Å². The van der Waals surface area contributed by atoms with Crippen molar-refractivity contribution in [3.8, 4) is 0 Å². The molecule has 2 N–H and O–H groups in total. The Morgan fingerprint density at radius 2 is 1.89 bits per heavy atom. The van der Waals surface area contributed by atoms with E-state index in [9.17, 15) is 9.59 Å². The topological polar surface area (TPSA) is 80.3 Å². The van der Waals surface area contributed by atoms with Crippen LogP contribution in [-0.4, -0.2) is 22.6 Å². The van der Waals surface area contributed by atoms with Crippen molar-refractivity contribution in [2.24, 2.45) is 0 Å². The molecule has 0 atom stereocenters. The number of nitrogens with one attached hydrogen (secondary N) is 2. The zero-order chi connectivity index (χ0) is 14.6. The van der Waals surface area contributed by atoms with Crippen molar-refractivity contribution >= 4 is 23.5 Å².